The first-order valence-corrected chi connectivity index (χ1v) is 3.65. The Balaban J connectivity index is 2.75. The molecule has 0 amide bonds. The van der Waals surface area contributed by atoms with Crippen LogP contribution in [0.2, 0.25) is 0 Å². The molecule has 4 nitrogen and oxygen atoms in total. The number of nitrogens with zero attached hydrogens (tertiary/aromatic N) is 3. The summed E-state index contributed by atoms with van der Waals surface area (Å²) in [6.07, 6.45) is 3.33. The molecule has 2 aromatic heterocycles. The summed E-state index contributed by atoms with van der Waals surface area (Å²) < 4.78 is 6.79. The molecule has 0 aliphatic heterocycles. The molecule has 4 heteroatoms. The van der Waals surface area contributed by atoms with Crippen molar-refractivity contribution in [3.63, 3.8) is 0 Å². The zero-order chi connectivity index (χ0) is 8.55. The number of hydrogen-bond acceptors (Lipinski definition) is 3. The van der Waals surface area contributed by atoms with Crippen LogP contribution in [0.5, 0.6) is 5.75 Å². The Labute approximate surface area is 69.8 Å². The van der Waals surface area contributed by atoms with Crippen LogP contribution in [0.15, 0.2) is 18.6 Å². The SMILES string of the molecule is COc1cc(C)c2ncnn2c1. The van der Waals surface area contributed by atoms with Gasteiger partial charge in [0.15, 0.2) is 5.65 Å². The monoisotopic (exact) mass is 163 g/mol. The molecule has 0 saturated heterocycles. The number of ether oxygens (including phenoxy) is 1. The Morgan fingerprint density at radius 2 is 2.33 bits per heavy atom. The maximum Gasteiger partial charge on any atom is 0.158 e. The van der Waals surface area contributed by atoms with Gasteiger partial charge in [-0.15, -0.1) is 0 Å². The topological polar surface area (TPSA) is 39.4 Å². The van der Waals surface area contributed by atoms with Crippen LogP contribution in [0.1, 0.15) is 5.56 Å². The second-order valence-corrected chi connectivity index (χ2v) is 2.59. The third-order valence-electron chi connectivity index (χ3n) is 1.77. The number of hydrogen-bond donors (Lipinski definition) is 0. The van der Waals surface area contributed by atoms with Gasteiger partial charge < -0.3 is 4.74 Å². The standard InChI is InChI=1S/C8H9N3O/c1-6-3-7(12-2)4-11-8(6)9-5-10-11/h3-5H,1-2H3. The first-order chi connectivity index (χ1) is 5.81. The van der Waals surface area contributed by atoms with Crippen LogP contribution >= 0.6 is 0 Å². The molecule has 0 aromatic carbocycles. The number of pyridine rings is 1. The Kier molecular flexibility index (Phi) is 1.46. The van der Waals surface area contributed by atoms with Crippen molar-refractivity contribution in [1.82, 2.24) is 14.6 Å². The van der Waals surface area contributed by atoms with E-state index >= 15 is 0 Å². The van der Waals surface area contributed by atoms with E-state index in [-0.39, 0.29) is 0 Å². The number of fused-ring (bicyclic) bond motifs is 1. The van der Waals surface area contributed by atoms with E-state index in [2.05, 4.69) is 10.1 Å². The minimum absolute atomic E-state index is 0.797. The summed E-state index contributed by atoms with van der Waals surface area (Å²) in [6.45, 7) is 1.98. The van der Waals surface area contributed by atoms with Crippen LogP contribution in [0, 0.1) is 6.92 Å². The number of rotatable bonds is 1. The van der Waals surface area contributed by atoms with Crippen LogP contribution in [-0.2, 0) is 0 Å². The lowest BCUT2D eigenvalue weighted by Gasteiger charge is -2.01. The van der Waals surface area contributed by atoms with Gasteiger partial charge in [0, 0.05) is 0 Å². The molecule has 0 spiro atoms. The van der Waals surface area contributed by atoms with Crippen LogP contribution in [0.25, 0.3) is 5.65 Å². The van der Waals surface area contributed by atoms with E-state index in [1.54, 1.807) is 17.8 Å². The number of aromatic nitrogens is 3. The summed E-state index contributed by atoms with van der Waals surface area (Å²) in [5.41, 5.74) is 1.93. The van der Waals surface area contributed by atoms with E-state index < -0.39 is 0 Å². The van der Waals surface area contributed by atoms with Crippen molar-refractivity contribution in [3.05, 3.63) is 24.2 Å². The van der Waals surface area contributed by atoms with Gasteiger partial charge in [0.25, 0.3) is 0 Å². The highest BCUT2D eigenvalue weighted by Gasteiger charge is 2.01. The molecule has 0 aliphatic rings. The minimum Gasteiger partial charge on any atom is -0.495 e. The predicted octanol–water partition coefficient (Wildman–Crippen LogP) is 1.05. The van der Waals surface area contributed by atoms with Crippen LogP contribution < -0.4 is 4.74 Å². The first kappa shape index (κ1) is 7.09. The highest BCUT2D eigenvalue weighted by Crippen LogP contribution is 2.14. The molecule has 0 atom stereocenters. The lowest BCUT2D eigenvalue weighted by Crippen LogP contribution is -1.92. The van der Waals surface area contributed by atoms with Crippen LogP contribution in [0.4, 0.5) is 0 Å². The summed E-state index contributed by atoms with van der Waals surface area (Å²) in [5, 5.41) is 4.01. The van der Waals surface area contributed by atoms with Gasteiger partial charge in [-0.05, 0) is 18.6 Å². The third-order valence-corrected chi connectivity index (χ3v) is 1.77. The van der Waals surface area contributed by atoms with Gasteiger partial charge in [0.2, 0.25) is 0 Å². The summed E-state index contributed by atoms with van der Waals surface area (Å²) in [7, 11) is 1.64. The zero-order valence-electron chi connectivity index (χ0n) is 6.98. The summed E-state index contributed by atoms with van der Waals surface area (Å²) in [5.74, 6) is 0.797. The van der Waals surface area contributed by atoms with Gasteiger partial charge in [-0.1, -0.05) is 0 Å². The molecule has 0 aliphatic carbocycles. The average molecular weight is 163 g/mol. The summed E-state index contributed by atoms with van der Waals surface area (Å²) >= 11 is 0. The number of methoxy groups -OCH3 is 1. The average Bonchev–Trinajstić information content (AvgIpc) is 2.52. The van der Waals surface area contributed by atoms with Gasteiger partial charge in [0.1, 0.15) is 12.1 Å². The lowest BCUT2D eigenvalue weighted by atomic mass is 10.3. The molecule has 2 heterocycles. The van der Waals surface area contributed by atoms with E-state index in [0.717, 1.165) is 17.0 Å². The minimum atomic E-state index is 0.797. The van der Waals surface area contributed by atoms with Gasteiger partial charge in [-0.2, -0.15) is 5.10 Å². The fourth-order valence-corrected chi connectivity index (χ4v) is 1.17. The van der Waals surface area contributed by atoms with Gasteiger partial charge >= 0.3 is 0 Å². The largest absolute Gasteiger partial charge is 0.495 e. The molecule has 62 valence electrons. The van der Waals surface area contributed by atoms with E-state index in [9.17, 15) is 0 Å². The van der Waals surface area contributed by atoms with E-state index in [1.807, 2.05) is 13.0 Å². The second kappa shape index (κ2) is 2.48. The lowest BCUT2D eigenvalue weighted by molar-refractivity contribution is 0.411. The van der Waals surface area contributed by atoms with E-state index in [1.165, 1.54) is 6.33 Å². The molecule has 2 aromatic rings. The first-order valence-electron chi connectivity index (χ1n) is 3.65. The van der Waals surface area contributed by atoms with E-state index in [0.29, 0.717) is 0 Å². The molecule has 0 saturated carbocycles. The Morgan fingerprint density at radius 1 is 1.50 bits per heavy atom. The van der Waals surface area contributed by atoms with Crippen molar-refractivity contribution in [1.29, 1.82) is 0 Å². The van der Waals surface area contributed by atoms with Crippen molar-refractivity contribution in [2.75, 3.05) is 7.11 Å². The highest BCUT2D eigenvalue weighted by atomic mass is 16.5. The molecule has 0 unspecified atom stereocenters. The quantitative estimate of drug-likeness (QED) is 0.630. The fourth-order valence-electron chi connectivity index (χ4n) is 1.17. The van der Waals surface area contributed by atoms with Gasteiger partial charge in [0.05, 0.1) is 13.3 Å². The molecule has 0 radical (unpaired) electrons. The van der Waals surface area contributed by atoms with Crippen molar-refractivity contribution in [3.8, 4) is 5.75 Å². The molecule has 0 fully saturated rings. The summed E-state index contributed by atoms with van der Waals surface area (Å²) in [6, 6.07) is 1.93. The molecule has 2 rings (SSSR count). The Hall–Kier alpha value is -1.58. The Bertz CT molecular complexity index is 408. The highest BCUT2D eigenvalue weighted by molar-refractivity contribution is 5.48. The molecular formula is C8H9N3O. The van der Waals surface area contributed by atoms with Gasteiger partial charge in [-0.25, -0.2) is 9.50 Å². The van der Waals surface area contributed by atoms with Crippen LogP contribution in [-0.4, -0.2) is 21.7 Å². The molecule has 12 heavy (non-hydrogen) atoms. The molecule has 0 bridgehead atoms. The zero-order valence-corrected chi connectivity index (χ0v) is 6.98. The Morgan fingerprint density at radius 3 is 3.08 bits per heavy atom. The third kappa shape index (κ3) is 0.922. The van der Waals surface area contributed by atoms with Crippen LogP contribution in [0.3, 0.4) is 0 Å². The van der Waals surface area contributed by atoms with Crippen molar-refractivity contribution in [2.24, 2.45) is 0 Å². The van der Waals surface area contributed by atoms with Crippen molar-refractivity contribution < 1.29 is 4.74 Å². The smallest absolute Gasteiger partial charge is 0.158 e. The van der Waals surface area contributed by atoms with Crippen molar-refractivity contribution in [2.45, 2.75) is 6.92 Å². The second-order valence-electron chi connectivity index (χ2n) is 2.59. The normalized spacial score (nSPS) is 10.5. The summed E-state index contributed by atoms with van der Waals surface area (Å²) in [4.78, 5) is 4.09. The van der Waals surface area contributed by atoms with Crippen molar-refractivity contribution >= 4 is 5.65 Å². The molecular weight excluding hydrogens is 154 g/mol. The van der Waals surface area contributed by atoms with Gasteiger partial charge in [-0.3, -0.25) is 0 Å². The maximum absolute atomic E-state index is 5.08. The molecule has 0 N–H and O–H groups in total. The maximum atomic E-state index is 5.08. The van der Waals surface area contributed by atoms with E-state index in [4.69, 9.17) is 4.74 Å². The predicted molar refractivity (Wildman–Crippen MR) is 44.3 cm³/mol. The number of aryl methyl sites for hydroxylation is 1. The fraction of sp³-hybridized carbons (Fsp3) is 0.250.